The standard InChI is InChI=1S/C55H64F3N9O4/c1-31(2)26-49(68)65-22-6-8-47(65)52-59-41-16-12-35(27-43(41)61-52)45-18-19-46(67(45)38-29-39(57)51(40(58)30-38)64-24-20-34(21-25-64)33-10-14-37(56)15-11-33)36-13-17-42-44(28-36)62-53(60-42)48-9-7-23-66(48)54(69)50(32(3)4)63-55(70)71-5/h10-17,27-32,34,45-48,50H,6-9,18-26H2,1-5H3,(H,59,61)(H,60,62)(H,63,70)/t45-,46-,47+,48+,50+/m1/s1. The molecule has 3 amide bonds. The topological polar surface area (TPSA) is 143 Å². The number of fused-ring (bicyclic) bond motifs is 2. The van der Waals surface area contributed by atoms with Crippen LogP contribution in [0.25, 0.3) is 22.1 Å². The van der Waals surface area contributed by atoms with Crippen LogP contribution in [0.3, 0.4) is 0 Å². The van der Waals surface area contributed by atoms with E-state index in [0.29, 0.717) is 76.2 Å². The minimum atomic E-state index is -0.761. The molecule has 13 nitrogen and oxygen atoms in total. The minimum absolute atomic E-state index is 0.0375. The number of benzene rings is 4. The second kappa shape index (κ2) is 19.9. The van der Waals surface area contributed by atoms with Gasteiger partial charge in [0.2, 0.25) is 11.8 Å². The Morgan fingerprint density at radius 2 is 1.21 bits per heavy atom. The third-order valence-corrected chi connectivity index (χ3v) is 15.4. The number of nitrogens with zero attached hydrogens (tertiary/aromatic N) is 6. The molecule has 0 spiro atoms. The summed E-state index contributed by atoms with van der Waals surface area (Å²) in [7, 11) is 1.28. The molecule has 4 aliphatic rings. The van der Waals surface area contributed by atoms with Crippen molar-refractivity contribution in [3.63, 3.8) is 0 Å². The maximum atomic E-state index is 16.8. The number of rotatable bonds is 12. The lowest BCUT2D eigenvalue weighted by Crippen LogP contribution is -2.51. The van der Waals surface area contributed by atoms with Gasteiger partial charge in [-0.3, -0.25) is 9.59 Å². The molecule has 6 heterocycles. The van der Waals surface area contributed by atoms with Gasteiger partial charge in [-0.15, -0.1) is 0 Å². The summed E-state index contributed by atoms with van der Waals surface area (Å²) in [6.45, 7) is 10.0. The zero-order valence-corrected chi connectivity index (χ0v) is 41.2. The number of imidazole rings is 2. The maximum absolute atomic E-state index is 16.8. The van der Waals surface area contributed by atoms with Crippen molar-refractivity contribution in [2.45, 2.75) is 122 Å². The molecular weight excluding hydrogens is 908 g/mol. The van der Waals surface area contributed by atoms with Crippen LogP contribution in [0.5, 0.6) is 0 Å². The smallest absolute Gasteiger partial charge is 0.407 e. The summed E-state index contributed by atoms with van der Waals surface area (Å²) in [6, 6.07) is 19.9. The number of piperidine rings is 1. The molecule has 71 heavy (non-hydrogen) atoms. The number of ether oxygens (including phenoxy) is 1. The minimum Gasteiger partial charge on any atom is -0.453 e. The van der Waals surface area contributed by atoms with Crippen LogP contribution >= 0.6 is 0 Å². The monoisotopic (exact) mass is 972 g/mol. The molecule has 4 aliphatic heterocycles. The van der Waals surface area contributed by atoms with Gasteiger partial charge in [-0.25, -0.2) is 27.9 Å². The second-order valence-electron chi connectivity index (χ2n) is 20.8. The van der Waals surface area contributed by atoms with Crippen LogP contribution in [0.4, 0.5) is 29.3 Å². The number of methoxy groups -OCH3 is 1. The van der Waals surface area contributed by atoms with Crippen molar-refractivity contribution in [2.24, 2.45) is 11.8 Å². The zero-order valence-electron chi connectivity index (χ0n) is 41.2. The number of hydrogen-bond acceptors (Lipinski definition) is 8. The van der Waals surface area contributed by atoms with E-state index in [-0.39, 0.29) is 65.2 Å². The predicted octanol–water partition coefficient (Wildman–Crippen LogP) is 11.1. The Kier molecular flexibility index (Phi) is 13.5. The van der Waals surface area contributed by atoms with Crippen molar-refractivity contribution >= 4 is 51.3 Å². The molecule has 0 bridgehead atoms. The number of anilines is 2. The number of hydrogen-bond donors (Lipinski definition) is 3. The highest BCUT2D eigenvalue weighted by atomic mass is 19.1. The molecule has 2 aromatic heterocycles. The molecule has 10 rings (SSSR count). The van der Waals surface area contributed by atoms with Crippen LogP contribution in [0.1, 0.15) is 144 Å². The summed E-state index contributed by atoms with van der Waals surface area (Å²) in [6.07, 6.45) is 5.82. The van der Waals surface area contributed by atoms with Crippen LogP contribution in [0.15, 0.2) is 72.8 Å². The van der Waals surface area contributed by atoms with Gasteiger partial charge in [-0.2, -0.15) is 0 Å². The summed E-state index contributed by atoms with van der Waals surface area (Å²) in [5.74, 6) is 0.0851. The van der Waals surface area contributed by atoms with E-state index in [1.807, 2.05) is 36.9 Å². The van der Waals surface area contributed by atoms with Gasteiger partial charge in [0.1, 0.15) is 29.2 Å². The number of likely N-dealkylation sites (tertiary alicyclic amines) is 2. The third kappa shape index (κ3) is 9.53. The van der Waals surface area contributed by atoms with E-state index < -0.39 is 23.8 Å². The second-order valence-corrected chi connectivity index (χ2v) is 20.8. The average Bonchev–Trinajstić information content (AvgIpc) is 4.21. The largest absolute Gasteiger partial charge is 0.453 e. The first-order valence-corrected chi connectivity index (χ1v) is 25.5. The van der Waals surface area contributed by atoms with Gasteiger partial charge in [0.05, 0.1) is 53.3 Å². The lowest BCUT2D eigenvalue weighted by atomic mass is 9.89. The van der Waals surface area contributed by atoms with Gasteiger partial charge in [-0.1, -0.05) is 52.0 Å². The molecule has 5 atom stereocenters. The van der Waals surface area contributed by atoms with Gasteiger partial charge in [0.25, 0.3) is 0 Å². The Balaban J connectivity index is 0.966. The normalized spacial score (nSPS) is 21.4. The fraction of sp³-hybridized carbons (Fsp3) is 0.473. The lowest BCUT2D eigenvalue weighted by Gasteiger charge is -2.36. The number of aromatic amines is 2. The van der Waals surface area contributed by atoms with Crippen molar-refractivity contribution in [1.29, 1.82) is 0 Å². The Bertz CT molecular complexity index is 2910. The summed E-state index contributed by atoms with van der Waals surface area (Å²) in [4.78, 5) is 64.2. The molecule has 0 saturated carbocycles. The fourth-order valence-corrected chi connectivity index (χ4v) is 11.8. The fourth-order valence-electron chi connectivity index (χ4n) is 11.8. The molecule has 3 N–H and O–H groups in total. The zero-order chi connectivity index (χ0) is 49.7. The van der Waals surface area contributed by atoms with Crippen molar-refractivity contribution < 1.29 is 32.3 Å². The van der Waals surface area contributed by atoms with Gasteiger partial charge in [0.15, 0.2) is 11.6 Å². The lowest BCUT2D eigenvalue weighted by molar-refractivity contribution is -0.135. The van der Waals surface area contributed by atoms with E-state index in [1.54, 1.807) is 21.9 Å². The maximum Gasteiger partial charge on any atom is 0.407 e. The van der Waals surface area contributed by atoms with Crippen LogP contribution in [-0.2, 0) is 14.3 Å². The summed E-state index contributed by atoms with van der Waals surface area (Å²) >= 11 is 0. The van der Waals surface area contributed by atoms with Crippen molar-refractivity contribution in [3.05, 3.63) is 119 Å². The van der Waals surface area contributed by atoms with Crippen LogP contribution in [0, 0.1) is 29.3 Å². The van der Waals surface area contributed by atoms with Gasteiger partial charge in [-0.05, 0) is 134 Å². The molecule has 0 radical (unpaired) electrons. The first-order chi connectivity index (χ1) is 34.2. The molecule has 374 valence electrons. The molecule has 0 unspecified atom stereocenters. The quantitative estimate of drug-likeness (QED) is 0.110. The van der Waals surface area contributed by atoms with Gasteiger partial charge >= 0.3 is 6.09 Å². The molecule has 4 aromatic carbocycles. The third-order valence-electron chi connectivity index (χ3n) is 15.4. The molecule has 6 aromatic rings. The average molecular weight is 972 g/mol. The number of aromatic nitrogens is 4. The number of H-pyrrole nitrogens is 2. The highest BCUT2D eigenvalue weighted by Crippen LogP contribution is 2.49. The van der Waals surface area contributed by atoms with E-state index in [9.17, 15) is 18.8 Å². The van der Waals surface area contributed by atoms with Crippen molar-refractivity contribution in [3.8, 4) is 0 Å². The summed E-state index contributed by atoms with van der Waals surface area (Å²) in [5.41, 5.74) is 6.48. The first-order valence-electron chi connectivity index (χ1n) is 25.5. The molecule has 4 fully saturated rings. The highest BCUT2D eigenvalue weighted by Gasteiger charge is 2.40. The number of amides is 3. The Morgan fingerprint density at radius 1 is 0.676 bits per heavy atom. The van der Waals surface area contributed by atoms with Gasteiger partial charge in [0, 0.05) is 38.3 Å². The molecule has 4 saturated heterocycles. The van der Waals surface area contributed by atoms with Crippen LogP contribution < -0.4 is 15.1 Å². The van der Waals surface area contributed by atoms with Gasteiger partial charge < -0.3 is 39.6 Å². The number of alkyl carbamates (subject to hydrolysis) is 1. The molecule has 0 aliphatic carbocycles. The van der Waals surface area contributed by atoms with E-state index >= 15 is 8.78 Å². The summed E-state index contributed by atoms with van der Waals surface area (Å²) < 4.78 is 52.0. The van der Waals surface area contributed by atoms with Crippen molar-refractivity contribution in [2.75, 3.05) is 43.1 Å². The molecule has 16 heteroatoms. The Hall–Kier alpha value is -6.58. The van der Waals surface area contributed by atoms with E-state index in [1.165, 1.54) is 31.4 Å². The van der Waals surface area contributed by atoms with E-state index in [0.717, 1.165) is 63.8 Å². The predicted molar refractivity (Wildman–Crippen MR) is 267 cm³/mol. The number of halogens is 3. The molecular formula is C55H64F3N9O4. The number of nitrogens with one attached hydrogen (secondary N) is 3. The Morgan fingerprint density at radius 3 is 1.75 bits per heavy atom. The van der Waals surface area contributed by atoms with Crippen LogP contribution in [0.2, 0.25) is 0 Å². The number of carbonyl (C=O) groups is 3. The highest BCUT2D eigenvalue weighted by molar-refractivity contribution is 5.87. The van der Waals surface area contributed by atoms with Crippen LogP contribution in [-0.4, -0.2) is 87.0 Å². The van der Waals surface area contributed by atoms with E-state index in [4.69, 9.17) is 14.7 Å². The SMILES string of the molecule is COC(=O)N[C@H](C(=O)N1CCC[C@H]1c1nc2ccc([C@H]3CC[C@H](c4ccc5nc([C@@H]6CCCN6C(=O)CC(C)C)[nH]c5c4)N3c3cc(F)c(N4CCC(c5ccc(F)cc5)CC4)c(F)c3)cc2[nH]1)C(C)C. The Labute approximate surface area is 412 Å². The summed E-state index contributed by atoms with van der Waals surface area (Å²) in [5, 5.41) is 2.72. The van der Waals surface area contributed by atoms with Crippen molar-refractivity contribution in [1.82, 2.24) is 35.1 Å². The first kappa shape index (κ1) is 48.1. The number of carbonyl (C=O) groups excluding carboxylic acids is 3. The van der Waals surface area contributed by atoms with E-state index in [2.05, 4.69) is 52.2 Å².